The van der Waals surface area contributed by atoms with Gasteiger partial charge in [0, 0.05) is 89.7 Å². The van der Waals surface area contributed by atoms with Crippen molar-refractivity contribution >= 4 is 97.3 Å². The van der Waals surface area contributed by atoms with Gasteiger partial charge in [-0.15, -0.1) is 11.3 Å². The Hall–Kier alpha value is -10.9. The molecule has 0 spiro atoms. The molecule has 5 aliphatic carbocycles. The molecule has 17 aromatic rings. The zero-order valence-electron chi connectivity index (χ0n) is 81.1. The maximum Gasteiger partial charge on any atom is 0.220 e. The highest BCUT2D eigenvalue weighted by molar-refractivity contribution is 7.17. The number of nitrogens with zero attached hydrogens (tertiary/aromatic N) is 5. The molecule has 0 amide bonds. The SMILES string of the molecule is [2H]c1c(C)[n+](C)c(-c2cc3c(cc2C)-c2ccccc2C3(C)C)c2ccc(C3CCCCC3)cc12.[2H]c1c(C)[n+](C)c(-c2cc3c(cc2C)c2ccccc2n3C(C)C)c2ccc(C3CCCCC3)cc12.[2H]c1c(C)[n+](C)c(-c2cc3occc3cc2C)c2ccc(C3CCCCC3)cc12.[2H]c1c(C)[n+](C)c(-c2cc3sccc3cc2C)c2ccc(C3CCCCC3)cc12. The number of hydrogen-bond donors (Lipinski definition) is 0. The lowest BCUT2D eigenvalue weighted by Crippen LogP contribution is -2.35. The number of aryl methyl sites for hydroxylation is 4. The minimum atomic E-state index is -0.0265. The van der Waals surface area contributed by atoms with E-state index in [1.807, 2.05) is 6.07 Å². The Kier molecular flexibility index (Phi) is 21.7. The van der Waals surface area contributed by atoms with Gasteiger partial charge in [-0.1, -0.05) is 188 Å². The van der Waals surface area contributed by atoms with Gasteiger partial charge in [-0.25, -0.2) is 0 Å². The summed E-state index contributed by atoms with van der Waals surface area (Å²) in [6.45, 7) is 26.4. The number of rotatable bonds is 9. The van der Waals surface area contributed by atoms with Crippen molar-refractivity contribution in [3.05, 3.63) is 296 Å². The molecule has 4 saturated carbocycles. The van der Waals surface area contributed by atoms with E-state index in [-0.39, 0.29) is 5.41 Å². The second-order valence-electron chi connectivity index (χ2n) is 38.8. The molecule has 634 valence electrons. The normalized spacial score (nSPS) is 16.3. The number of fused-ring (bicyclic) bond motifs is 12. The summed E-state index contributed by atoms with van der Waals surface area (Å²) in [5.74, 6) is 2.59. The summed E-state index contributed by atoms with van der Waals surface area (Å²) in [4.78, 5) is 0. The zero-order valence-corrected chi connectivity index (χ0v) is 77.9. The van der Waals surface area contributed by atoms with Crippen LogP contribution >= 0.6 is 11.3 Å². The van der Waals surface area contributed by atoms with Crippen LogP contribution in [-0.4, -0.2) is 4.57 Å². The van der Waals surface area contributed by atoms with Gasteiger partial charge in [0.25, 0.3) is 0 Å². The van der Waals surface area contributed by atoms with E-state index in [0.717, 1.165) is 60.7 Å². The van der Waals surface area contributed by atoms with Gasteiger partial charge in [0.05, 0.1) is 61.1 Å². The molecule has 0 bridgehead atoms. The highest BCUT2D eigenvalue weighted by Crippen LogP contribution is 2.52. The molecular formula is C118H129N5OS+4. The second kappa shape index (κ2) is 34.5. The maximum absolute atomic E-state index is 9.02. The van der Waals surface area contributed by atoms with E-state index in [2.05, 4.69) is 315 Å². The van der Waals surface area contributed by atoms with Crippen molar-refractivity contribution in [1.82, 2.24) is 4.57 Å². The summed E-state index contributed by atoms with van der Waals surface area (Å²) in [6.07, 6.45) is 28.1. The standard InChI is InChI=1S/C33H37N2.C33H36N.C26H28NO.C26H28NS/c1-21(2)35-31-14-10-9-13-28(31)30-17-22(3)29(20-32(30)35)33-27-16-15-25(24-11-7-6-8-12-24)19-26(27)18-23(4)34(33)5;1-21-17-29-27-13-9-10-14-30(27)33(3,4)31(29)20-28(21)32-26-16-15-24(23-11-7-6-8-12-23)19-25(26)18-22(2)34(32)5;2*1-17-13-21-11-12-28-25(21)16-24(17)26-23-10-9-20(19-7-5-4-6-8-19)15-22(23)14-18(2)27(26)3/h9-10,13-21,24H,6-8,11-12H2,1-5H3;9-10,13-20,23H,6-8,11-12H2,1-5H3;2*9-16,19H,4-8H2,1-3H3/q4*+1/i2*18D;2*14D. The number of thiophene rings is 1. The van der Waals surface area contributed by atoms with Crippen LogP contribution in [0.25, 0.3) is 142 Å². The summed E-state index contributed by atoms with van der Waals surface area (Å²) < 4.78 is 54.0. The first-order valence-corrected chi connectivity index (χ1v) is 48.1. The molecule has 0 atom stereocenters. The van der Waals surface area contributed by atoms with Gasteiger partial charge >= 0.3 is 0 Å². The third kappa shape index (κ3) is 15.6. The summed E-state index contributed by atoms with van der Waals surface area (Å²) in [5, 5.41) is 16.3. The fourth-order valence-corrected chi connectivity index (χ4v) is 23.7. The van der Waals surface area contributed by atoms with Gasteiger partial charge in [0.15, 0.2) is 22.8 Å². The Morgan fingerprint density at radius 2 is 0.736 bits per heavy atom. The monoisotopic (exact) mass is 1670 g/mol. The van der Waals surface area contributed by atoms with Crippen molar-refractivity contribution in [2.75, 3.05) is 0 Å². The van der Waals surface area contributed by atoms with Crippen LogP contribution in [0.3, 0.4) is 0 Å². The fraction of sp³-hybridized carbons (Fsp3) is 0.356. The van der Waals surface area contributed by atoms with Gasteiger partial charge in [-0.05, 0) is 301 Å². The molecule has 6 nitrogen and oxygen atoms in total. The Morgan fingerprint density at radius 1 is 0.344 bits per heavy atom. The third-order valence-electron chi connectivity index (χ3n) is 30.2. The molecule has 10 aromatic carbocycles. The van der Waals surface area contributed by atoms with Crippen LogP contribution in [0.5, 0.6) is 0 Å². The highest BCUT2D eigenvalue weighted by atomic mass is 32.1. The van der Waals surface area contributed by atoms with E-state index in [1.165, 1.54) is 288 Å². The molecule has 0 saturated heterocycles. The Bertz CT molecular complexity index is 7120. The first-order valence-electron chi connectivity index (χ1n) is 49.2. The molecule has 7 heterocycles. The second-order valence-corrected chi connectivity index (χ2v) is 39.8. The van der Waals surface area contributed by atoms with E-state index < -0.39 is 0 Å². The van der Waals surface area contributed by atoms with Crippen molar-refractivity contribution in [3.63, 3.8) is 0 Å². The van der Waals surface area contributed by atoms with Crippen molar-refractivity contribution in [3.8, 4) is 56.2 Å². The van der Waals surface area contributed by atoms with Gasteiger partial charge < -0.3 is 8.98 Å². The minimum Gasteiger partial charge on any atom is -0.464 e. The molecule has 0 radical (unpaired) electrons. The first kappa shape index (κ1) is 78.8. The molecule has 125 heavy (non-hydrogen) atoms. The number of furan rings is 1. The fourth-order valence-electron chi connectivity index (χ4n) is 22.9. The molecule has 0 N–H and O–H groups in total. The summed E-state index contributed by atoms with van der Waals surface area (Å²) >= 11 is 1.80. The Balaban J connectivity index is 0.000000112. The largest absolute Gasteiger partial charge is 0.464 e. The molecule has 7 aromatic heterocycles. The summed E-state index contributed by atoms with van der Waals surface area (Å²) in [7, 11) is 8.43. The molecule has 0 aliphatic heterocycles. The average molecular weight is 1670 g/mol. The van der Waals surface area contributed by atoms with Crippen LogP contribution in [0.1, 0.15) is 270 Å². The summed E-state index contributed by atoms with van der Waals surface area (Å²) in [6, 6.07) is 71.2. The number of benzene rings is 10. The quantitative estimate of drug-likeness (QED) is 0.133. The zero-order chi connectivity index (χ0) is 89.9. The van der Waals surface area contributed by atoms with Crippen molar-refractivity contribution in [1.29, 1.82) is 0 Å². The van der Waals surface area contributed by atoms with Gasteiger partial charge in [-0.3, -0.25) is 0 Å². The molecule has 5 aliphatic rings. The molecular weight excluding hydrogens is 1540 g/mol. The van der Waals surface area contributed by atoms with Crippen molar-refractivity contribution < 1.29 is 28.2 Å². The van der Waals surface area contributed by atoms with Crippen LogP contribution < -0.4 is 18.3 Å². The first-order chi connectivity index (χ1) is 62.2. The molecule has 4 fully saturated rings. The van der Waals surface area contributed by atoms with E-state index in [4.69, 9.17) is 9.90 Å². The van der Waals surface area contributed by atoms with E-state index in [0.29, 0.717) is 53.9 Å². The predicted molar refractivity (Wildman–Crippen MR) is 530 cm³/mol. The van der Waals surface area contributed by atoms with Crippen LogP contribution in [0.4, 0.5) is 0 Å². The van der Waals surface area contributed by atoms with Crippen LogP contribution in [0.2, 0.25) is 0 Å². The van der Waals surface area contributed by atoms with Gasteiger partial charge in [0.1, 0.15) is 33.8 Å². The third-order valence-corrected chi connectivity index (χ3v) is 31.1. The minimum absolute atomic E-state index is 0.0265. The van der Waals surface area contributed by atoms with Crippen LogP contribution in [-0.2, 0) is 33.6 Å². The lowest BCUT2D eigenvalue weighted by atomic mass is 9.81. The number of para-hydroxylation sites is 1. The maximum atomic E-state index is 9.02. The van der Waals surface area contributed by atoms with Gasteiger partial charge in [0.2, 0.25) is 22.8 Å². The van der Waals surface area contributed by atoms with Gasteiger partial charge in [-0.2, -0.15) is 18.3 Å². The lowest BCUT2D eigenvalue weighted by Gasteiger charge is -2.23. The highest BCUT2D eigenvalue weighted by Gasteiger charge is 2.38. The van der Waals surface area contributed by atoms with Crippen LogP contribution in [0, 0.1) is 55.4 Å². The number of pyridine rings is 4. The lowest BCUT2D eigenvalue weighted by molar-refractivity contribution is -0.665. The van der Waals surface area contributed by atoms with Crippen LogP contribution in [0.15, 0.2) is 222 Å². The number of aromatic nitrogens is 5. The van der Waals surface area contributed by atoms with Crippen molar-refractivity contribution in [2.45, 2.75) is 247 Å². The topological polar surface area (TPSA) is 33.6 Å². The van der Waals surface area contributed by atoms with E-state index in [9.17, 15) is 0 Å². The van der Waals surface area contributed by atoms with E-state index >= 15 is 0 Å². The number of hydrogen-bond acceptors (Lipinski definition) is 2. The van der Waals surface area contributed by atoms with E-state index in [1.54, 1.807) is 17.6 Å². The Labute approximate surface area is 752 Å². The predicted octanol–water partition coefficient (Wildman–Crippen LogP) is 30.9. The summed E-state index contributed by atoms with van der Waals surface area (Å²) in [5.41, 5.74) is 33.7. The smallest absolute Gasteiger partial charge is 0.220 e. The molecule has 22 rings (SSSR count). The van der Waals surface area contributed by atoms with Crippen molar-refractivity contribution in [2.24, 2.45) is 28.2 Å². The average Bonchev–Trinajstić information content (AvgIpc) is 1.61. The Morgan fingerprint density at radius 3 is 1.19 bits per heavy atom. The molecule has 0 unspecified atom stereocenters. The molecule has 7 heteroatoms.